The molecular weight excluding hydrogens is 338 g/mol. The molecule has 2 N–H and O–H groups in total. The van der Waals surface area contributed by atoms with Crippen LogP contribution in [0.25, 0.3) is 0 Å². The Kier molecular flexibility index (Phi) is 5.08. The van der Waals surface area contributed by atoms with Gasteiger partial charge in [-0.05, 0) is 48.7 Å². The van der Waals surface area contributed by atoms with Crippen LogP contribution in [0, 0.1) is 6.92 Å². The van der Waals surface area contributed by atoms with Crippen LogP contribution < -0.4 is 10.5 Å². The van der Waals surface area contributed by atoms with Crippen molar-refractivity contribution >= 4 is 27.5 Å². The summed E-state index contributed by atoms with van der Waals surface area (Å²) < 4.78 is 6.48. The monoisotopic (exact) mass is 353 g/mol. The Labute approximate surface area is 133 Å². The molecule has 0 spiro atoms. The van der Waals surface area contributed by atoms with Crippen LogP contribution in [-0.2, 0) is 6.42 Å². The highest BCUT2D eigenvalue weighted by Gasteiger charge is 2.14. The van der Waals surface area contributed by atoms with Crippen molar-refractivity contribution in [2.24, 2.45) is 5.73 Å². The van der Waals surface area contributed by atoms with Crippen molar-refractivity contribution < 1.29 is 4.74 Å². The number of hydrogen-bond donors (Lipinski definition) is 1. The normalized spacial score (nSPS) is 12.2. The minimum Gasteiger partial charge on any atom is -0.496 e. The fraction of sp³-hybridized carbons (Fsp3) is 0.250. The first kappa shape index (κ1) is 15.4. The van der Waals surface area contributed by atoms with Gasteiger partial charge in [-0.15, -0.1) is 0 Å². The van der Waals surface area contributed by atoms with Crippen LogP contribution >= 0.6 is 27.5 Å². The Hall–Kier alpha value is -1.03. The van der Waals surface area contributed by atoms with Gasteiger partial charge in [-0.1, -0.05) is 39.7 Å². The Morgan fingerprint density at radius 3 is 2.50 bits per heavy atom. The van der Waals surface area contributed by atoms with E-state index in [9.17, 15) is 0 Å². The molecule has 0 aromatic heterocycles. The third kappa shape index (κ3) is 3.54. The van der Waals surface area contributed by atoms with Gasteiger partial charge in [0.1, 0.15) is 5.75 Å². The third-order valence-corrected chi connectivity index (χ3v) is 4.39. The van der Waals surface area contributed by atoms with Gasteiger partial charge >= 0.3 is 0 Å². The van der Waals surface area contributed by atoms with Gasteiger partial charge in [0.15, 0.2) is 0 Å². The maximum atomic E-state index is 6.33. The van der Waals surface area contributed by atoms with Gasteiger partial charge in [0.25, 0.3) is 0 Å². The Balaban J connectivity index is 2.26. The van der Waals surface area contributed by atoms with Crippen molar-refractivity contribution in [2.75, 3.05) is 7.11 Å². The van der Waals surface area contributed by atoms with Crippen LogP contribution in [0.2, 0.25) is 5.02 Å². The molecule has 0 aliphatic carbocycles. The highest BCUT2D eigenvalue weighted by atomic mass is 79.9. The van der Waals surface area contributed by atoms with Crippen molar-refractivity contribution in [3.8, 4) is 5.75 Å². The second-order valence-corrected chi connectivity index (χ2v) is 6.07. The number of aryl methyl sites for hydroxylation is 1. The van der Waals surface area contributed by atoms with E-state index in [2.05, 4.69) is 15.9 Å². The van der Waals surface area contributed by atoms with Crippen molar-refractivity contribution in [2.45, 2.75) is 19.4 Å². The molecule has 0 aliphatic heterocycles. The number of ether oxygens (including phenoxy) is 1. The summed E-state index contributed by atoms with van der Waals surface area (Å²) >= 11 is 9.44. The van der Waals surface area contributed by atoms with Crippen LogP contribution in [0.1, 0.15) is 22.7 Å². The molecule has 0 saturated carbocycles. The molecule has 0 saturated heterocycles. The zero-order valence-corrected chi connectivity index (χ0v) is 13.8. The third-order valence-electron chi connectivity index (χ3n) is 3.28. The van der Waals surface area contributed by atoms with E-state index in [0.717, 1.165) is 38.4 Å². The molecule has 2 rings (SSSR count). The van der Waals surface area contributed by atoms with E-state index in [1.165, 1.54) is 0 Å². The van der Waals surface area contributed by atoms with Crippen molar-refractivity contribution in [1.82, 2.24) is 0 Å². The average molecular weight is 355 g/mol. The summed E-state index contributed by atoms with van der Waals surface area (Å²) in [6.45, 7) is 2.03. The molecule has 2 aromatic carbocycles. The molecule has 0 amide bonds. The van der Waals surface area contributed by atoms with Crippen molar-refractivity contribution in [1.29, 1.82) is 0 Å². The zero-order valence-electron chi connectivity index (χ0n) is 11.5. The first-order chi connectivity index (χ1) is 9.51. The Morgan fingerprint density at radius 1 is 1.25 bits per heavy atom. The quantitative estimate of drug-likeness (QED) is 0.866. The van der Waals surface area contributed by atoms with E-state index < -0.39 is 0 Å². The fourth-order valence-electron chi connectivity index (χ4n) is 2.12. The summed E-state index contributed by atoms with van der Waals surface area (Å²) in [7, 11) is 1.67. The van der Waals surface area contributed by atoms with Crippen LogP contribution in [0.5, 0.6) is 5.75 Å². The summed E-state index contributed by atoms with van der Waals surface area (Å²) in [5.41, 5.74) is 9.61. The number of nitrogens with two attached hydrogens (primary N) is 1. The van der Waals surface area contributed by atoms with Gasteiger partial charge in [-0.25, -0.2) is 0 Å². The lowest BCUT2D eigenvalue weighted by molar-refractivity contribution is 0.405. The highest BCUT2D eigenvalue weighted by Crippen LogP contribution is 2.31. The average Bonchev–Trinajstić information content (AvgIpc) is 2.43. The van der Waals surface area contributed by atoms with E-state index in [1.807, 2.05) is 43.3 Å². The lowest BCUT2D eigenvalue weighted by Crippen LogP contribution is -2.14. The molecule has 0 radical (unpaired) electrons. The molecule has 106 valence electrons. The van der Waals surface area contributed by atoms with E-state index in [0.29, 0.717) is 0 Å². The van der Waals surface area contributed by atoms with Gasteiger partial charge in [0.2, 0.25) is 0 Å². The molecule has 20 heavy (non-hydrogen) atoms. The topological polar surface area (TPSA) is 35.2 Å². The number of rotatable bonds is 4. The molecule has 2 aromatic rings. The maximum Gasteiger partial charge on any atom is 0.123 e. The summed E-state index contributed by atoms with van der Waals surface area (Å²) in [4.78, 5) is 0. The maximum absolute atomic E-state index is 6.33. The van der Waals surface area contributed by atoms with Crippen LogP contribution in [0.15, 0.2) is 40.9 Å². The Bertz CT molecular complexity index is 598. The summed E-state index contributed by atoms with van der Waals surface area (Å²) in [6.07, 6.45) is 0.739. The van der Waals surface area contributed by atoms with Crippen LogP contribution in [-0.4, -0.2) is 7.11 Å². The van der Waals surface area contributed by atoms with Crippen LogP contribution in [0.4, 0.5) is 0 Å². The van der Waals surface area contributed by atoms with Gasteiger partial charge in [-0.2, -0.15) is 0 Å². The molecule has 1 unspecified atom stereocenters. The summed E-state index contributed by atoms with van der Waals surface area (Å²) in [5.74, 6) is 0.826. The van der Waals surface area contributed by atoms with E-state index in [1.54, 1.807) is 7.11 Å². The van der Waals surface area contributed by atoms with Crippen molar-refractivity contribution in [3.05, 3.63) is 62.6 Å². The van der Waals surface area contributed by atoms with Gasteiger partial charge in [0, 0.05) is 21.1 Å². The minimum atomic E-state index is -0.122. The number of methoxy groups -OCH3 is 1. The second-order valence-electron chi connectivity index (χ2n) is 4.78. The lowest BCUT2D eigenvalue weighted by Gasteiger charge is -2.17. The van der Waals surface area contributed by atoms with E-state index in [-0.39, 0.29) is 6.04 Å². The fourth-order valence-corrected chi connectivity index (χ4v) is 2.61. The van der Waals surface area contributed by atoms with Crippen LogP contribution in [0.3, 0.4) is 0 Å². The molecule has 2 nitrogen and oxygen atoms in total. The molecule has 0 bridgehead atoms. The number of benzene rings is 2. The molecule has 1 atom stereocenters. The summed E-state index contributed by atoms with van der Waals surface area (Å²) in [5, 5.41) is 0.734. The first-order valence-electron chi connectivity index (χ1n) is 6.35. The SMILES string of the molecule is COc1cc(C)c(Br)cc1C(N)Cc1ccc(Cl)cc1. The molecular formula is C16H17BrClNO. The highest BCUT2D eigenvalue weighted by molar-refractivity contribution is 9.10. The first-order valence-corrected chi connectivity index (χ1v) is 7.52. The number of halogens is 2. The molecule has 4 heteroatoms. The predicted molar refractivity (Wildman–Crippen MR) is 87.5 cm³/mol. The largest absolute Gasteiger partial charge is 0.496 e. The lowest BCUT2D eigenvalue weighted by atomic mass is 9.98. The Morgan fingerprint density at radius 2 is 1.90 bits per heavy atom. The molecule has 0 fully saturated rings. The molecule has 0 heterocycles. The summed E-state index contributed by atoms with van der Waals surface area (Å²) in [6, 6.07) is 11.7. The van der Waals surface area contributed by atoms with Gasteiger partial charge in [0.05, 0.1) is 7.11 Å². The standard InChI is InChI=1S/C16H17BrClNO/c1-10-7-16(20-2)13(9-14(10)17)15(19)8-11-3-5-12(18)6-4-11/h3-7,9,15H,8,19H2,1-2H3. The van der Waals surface area contributed by atoms with Crippen molar-refractivity contribution in [3.63, 3.8) is 0 Å². The van der Waals surface area contributed by atoms with Gasteiger partial charge in [-0.3, -0.25) is 0 Å². The van der Waals surface area contributed by atoms with Gasteiger partial charge < -0.3 is 10.5 Å². The smallest absolute Gasteiger partial charge is 0.123 e. The second kappa shape index (κ2) is 6.61. The predicted octanol–water partition coefficient (Wildman–Crippen LogP) is 4.66. The zero-order chi connectivity index (χ0) is 14.7. The number of hydrogen-bond acceptors (Lipinski definition) is 2. The van der Waals surface area contributed by atoms with E-state index >= 15 is 0 Å². The minimum absolute atomic E-state index is 0.122. The molecule has 0 aliphatic rings. The van der Waals surface area contributed by atoms with E-state index in [4.69, 9.17) is 22.1 Å².